The van der Waals surface area contributed by atoms with Crippen LogP contribution in [0.4, 0.5) is 11.4 Å². The van der Waals surface area contributed by atoms with E-state index in [1.807, 2.05) is 63.2 Å². The summed E-state index contributed by atoms with van der Waals surface area (Å²) >= 11 is 1.63. The molecule has 1 spiro atoms. The van der Waals surface area contributed by atoms with Crippen molar-refractivity contribution in [1.29, 1.82) is 0 Å². The molecule has 3 saturated heterocycles. The van der Waals surface area contributed by atoms with Crippen molar-refractivity contribution in [2.45, 2.75) is 56.1 Å². The summed E-state index contributed by atoms with van der Waals surface area (Å²) < 4.78 is 4.27. The zero-order valence-corrected chi connectivity index (χ0v) is 26.9. The van der Waals surface area contributed by atoms with E-state index in [1.165, 1.54) is 0 Å². The Balaban J connectivity index is 1.57. The standard InChI is InChI=1S/C35H43N3O5S/c1-7-18-36(25-12-14-26(15-13-25)43-9-3)31(40)28-29-32(41)38(20-21-39)30(35(29)17-16-34(28,6)44-35)33(42)37(19-8-2)27-22-23(4)10-11-24(27)5/h7-8,10-15,22,28-30,39H,1-2,9,16-21H2,3-6H3/t28-,29-,30?,34+,35?/m0/s1. The minimum atomic E-state index is -0.824. The quantitative estimate of drug-likeness (QED) is 0.341. The molecule has 5 rings (SSSR count). The molecule has 3 fully saturated rings. The second kappa shape index (κ2) is 12.4. The number of amides is 3. The lowest BCUT2D eigenvalue weighted by Crippen LogP contribution is -2.55. The normalized spacial score (nSPS) is 26.8. The monoisotopic (exact) mass is 617 g/mol. The molecule has 0 aliphatic carbocycles. The van der Waals surface area contributed by atoms with Gasteiger partial charge in [0, 0.05) is 35.8 Å². The lowest BCUT2D eigenvalue weighted by Gasteiger charge is -2.38. The van der Waals surface area contributed by atoms with Gasteiger partial charge in [-0.1, -0.05) is 24.3 Å². The fourth-order valence-corrected chi connectivity index (χ4v) is 9.88. The number of aliphatic hydroxyl groups excluding tert-OH is 1. The number of carbonyl (C=O) groups excluding carboxylic acids is 3. The zero-order valence-electron chi connectivity index (χ0n) is 26.1. The second-order valence-corrected chi connectivity index (χ2v) is 14.1. The lowest BCUT2D eigenvalue weighted by atomic mass is 9.66. The first-order chi connectivity index (χ1) is 21.1. The average Bonchev–Trinajstić information content (AvgIpc) is 3.57. The van der Waals surface area contributed by atoms with Crippen LogP contribution in [-0.4, -0.2) is 76.1 Å². The first-order valence-electron chi connectivity index (χ1n) is 15.3. The van der Waals surface area contributed by atoms with Gasteiger partial charge in [0.15, 0.2) is 0 Å². The van der Waals surface area contributed by atoms with Crippen LogP contribution in [0.5, 0.6) is 5.75 Å². The van der Waals surface area contributed by atoms with Gasteiger partial charge in [-0.2, -0.15) is 0 Å². The Morgan fingerprint density at radius 2 is 1.75 bits per heavy atom. The van der Waals surface area contributed by atoms with Crippen molar-refractivity contribution in [2.24, 2.45) is 11.8 Å². The van der Waals surface area contributed by atoms with Crippen molar-refractivity contribution in [1.82, 2.24) is 4.90 Å². The number of thioether (sulfide) groups is 1. The van der Waals surface area contributed by atoms with Gasteiger partial charge in [0.2, 0.25) is 11.8 Å². The minimum absolute atomic E-state index is 0.0235. The summed E-state index contributed by atoms with van der Waals surface area (Å²) in [6.45, 7) is 16.6. The number of β-amino-alcohol motifs (C(OH)–C–C–N with tert-alkyl or cyclic N) is 1. The Kier molecular flexibility index (Phi) is 9.01. The highest BCUT2D eigenvalue weighted by atomic mass is 32.2. The van der Waals surface area contributed by atoms with Gasteiger partial charge in [0.05, 0.1) is 29.8 Å². The van der Waals surface area contributed by atoms with E-state index in [2.05, 4.69) is 20.1 Å². The van der Waals surface area contributed by atoms with Crippen molar-refractivity contribution in [3.05, 3.63) is 78.9 Å². The van der Waals surface area contributed by atoms with Crippen LogP contribution in [0, 0.1) is 25.7 Å². The van der Waals surface area contributed by atoms with E-state index in [4.69, 9.17) is 4.74 Å². The molecule has 3 aliphatic heterocycles. The third-order valence-corrected chi connectivity index (χ3v) is 11.4. The summed E-state index contributed by atoms with van der Waals surface area (Å²) in [4.78, 5) is 48.7. The number of likely N-dealkylation sites (tertiary alicyclic amines) is 1. The Bertz CT molecular complexity index is 1460. The molecule has 2 bridgehead atoms. The number of aliphatic hydroxyl groups is 1. The van der Waals surface area contributed by atoms with E-state index in [0.29, 0.717) is 30.9 Å². The molecule has 2 aromatic rings. The van der Waals surface area contributed by atoms with E-state index in [1.54, 1.807) is 38.6 Å². The zero-order chi connectivity index (χ0) is 31.8. The number of ether oxygens (including phenoxy) is 1. The van der Waals surface area contributed by atoms with Gasteiger partial charge in [-0.05, 0) is 82.0 Å². The van der Waals surface area contributed by atoms with Gasteiger partial charge < -0.3 is 24.5 Å². The summed E-state index contributed by atoms with van der Waals surface area (Å²) in [7, 11) is 0. The van der Waals surface area contributed by atoms with Crippen LogP contribution in [0.25, 0.3) is 0 Å². The molecule has 234 valence electrons. The first kappa shape index (κ1) is 31.9. The molecule has 0 saturated carbocycles. The van der Waals surface area contributed by atoms with Crippen molar-refractivity contribution >= 4 is 40.9 Å². The molecule has 9 heteroatoms. The minimum Gasteiger partial charge on any atom is -0.494 e. The first-order valence-corrected chi connectivity index (χ1v) is 16.1. The number of benzene rings is 2. The fourth-order valence-electron chi connectivity index (χ4n) is 7.53. The van der Waals surface area contributed by atoms with Gasteiger partial charge >= 0.3 is 0 Å². The number of anilines is 2. The molecule has 2 aromatic carbocycles. The van der Waals surface area contributed by atoms with Crippen molar-refractivity contribution in [3.8, 4) is 5.75 Å². The van der Waals surface area contributed by atoms with Crippen LogP contribution in [0.3, 0.4) is 0 Å². The maximum absolute atomic E-state index is 14.7. The van der Waals surface area contributed by atoms with Crippen molar-refractivity contribution in [2.75, 3.05) is 42.6 Å². The van der Waals surface area contributed by atoms with Gasteiger partial charge in [-0.25, -0.2) is 0 Å². The highest BCUT2D eigenvalue weighted by Crippen LogP contribution is 2.71. The summed E-state index contributed by atoms with van der Waals surface area (Å²) in [6.07, 6.45) is 4.71. The Morgan fingerprint density at radius 3 is 2.39 bits per heavy atom. The number of carbonyl (C=O) groups is 3. The Morgan fingerprint density at radius 1 is 1.07 bits per heavy atom. The van der Waals surface area contributed by atoms with Crippen LogP contribution in [-0.2, 0) is 14.4 Å². The third kappa shape index (κ3) is 5.13. The van der Waals surface area contributed by atoms with Crippen LogP contribution in [0.15, 0.2) is 67.8 Å². The van der Waals surface area contributed by atoms with Gasteiger partial charge in [0.25, 0.3) is 5.91 Å². The summed E-state index contributed by atoms with van der Waals surface area (Å²) in [5.74, 6) is -1.23. The van der Waals surface area contributed by atoms with Crippen LogP contribution in [0.1, 0.15) is 37.8 Å². The van der Waals surface area contributed by atoms with E-state index < -0.39 is 27.4 Å². The Hall–Kier alpha value is -3.56. The van der Waals surface area contributed by atoms with E-state index in [9.17, 15) is 19.5 Å². The molecule has 5 atom stereocenters. The summed E-state index contributed by atoms with van der Waals surface area (Å²) in [5, 5.41) is 10.1. The molecular weight excluding hydrogens is 574 g/mol. The number of nitrogens with zero attached hydrogens (tertiary/aromatic N) is 3. The Labute approximate surface area is 264 Å². The molecule has 3 aliphatic rings. The van der Waals surface area contributed by atoms with E-state index >= 15 is 0 Å². The molecule has 3 heterocycles. The molecule has 3 amide bonds. The topological polar surface area (TPSA) is 90.4 Å². The molecule has 44 heavy (non-hydrogen) atoms. The summed E-state index contributed by atoms with van der Waals surface area (Å²) in [5.41, 5.74) is 3.43. The number of rotatable bonds is 12. The smallest absolute Gasteiger partial charge is 0.251 e. The number of hydrogen-bond acceptors (Lipinski definition) is 6. The van der Waals surface area contributed by atoms with Gasteiger partial charge in [-0.3, -0.25) is 14.4 Å². The molecule has 8 nitrogen and oxygen atoms in total. The summed E-state index contributed by atoms with van der Waals surface area (Å²) in [6, 6.07) is 12.5. The van der Waals surface area contributed by atoms with E-state index in [0.717, 1.165) is 16.8 Å². The SMILES string of the molecule is C=CCN(C(=O)[C@@H]1[C@H]2C(=O)N(CCO)C(C(=O)N(CC=C)c3cc(C)ccc3C)C23CC[C@@]1(C)S3)c1ccc(OCC)cc1. The largest absolute Gasteiger partial charge is 0.494 e. The van der Waals surface area contributed by atoms with Gasteiger partial charge in [0.1, 0.15) is 11.8 Å². The molecule has 2 unspecified atom stereocenters. The number of aryl methyl sites for hydroxylation is 2. The molecular formula is C35H43N3O5S. The molecule has 0 radical (unpaired) electrons. The van der Waals surface area contributed by atoms with Gasteiger partial charge in [-0.15, -0.1) is 24.9 Å². The third-order valence-electron chi connectivity index (χ3n) is 9.39. The molecule has 1 N–H and O–H groups in total. The maximum atomic E-state index is 14.7. The van der Waals surface area contributed by atoms with Crippen molar-refractivity contribution in [3.63, 3.8) is 0 Å². The van der Waals surface area contributed by atoms with Crippen LogP contribution >= 0.6 is 11.8 Å². The van der Waals surface area contributed by atoms with E-state index in [-0.39, 0.29) is 44.0 Å². The highest BCUT2D eigenvalue weighted by Gasteiger charge is 2.77. The highest BCUT2D eigenvalue weighted by molar-refractivity contribution is 8.02. The fraction of sp³-hybridized carbons (Fsp3) is 0.457. The average molecular weight is 618 g/mol. The van der Waals surface area contributed by atoms with Crippen LogP contribution < -0.4 is 14.5 Å². The predicted octanol–water partition coefficient (Wildman–Crippen LogP) is 4.91. The predicted molar refractivity (Wildman–Crippen MR) is 176 cm³/mol. The second-order valence-electron chi connectivity index (χ2n) is 12.2. The molecule has 0 aromatic heterocycles. The van der Waals surface area contributed by atoms with Crippen LogP contribution in [0.2, 0.25) is 0 Å². The van der Waals surface area contributed by atoms with Crippen molar-refractivity contribution < 1.29 is 24.2 Å². The maximum Gasteiger partial charge on any atom is 0.251 e. The lowest BCUT2D eigenvalue weighted by molar-refractivity contribution is -0.140. The number of hydrogen-bond donors (Lipinski definition) is 1. The number of fused-ring (bicyclic) bond motifs is 1.